The minimum Gasteiger partial charge on any atom is -0.371 e. The maximum Gasteiger partial charge on any atom is 0.260 e. The maximum atomic E-state index is 13.6. The van der Waals surface area contributed by atoms with Gasteiger partial charge in [-0.15, -0.1) is 0 Å². The first-order valence-electron chi connectivity index (χ1n) is 7.85. The van der Waals surface area contributed by atoms with Crippen LogP contribution in [0.25, 0.3) is 0 Å². The number of rotatable bonds is 3. The Labute approximate surface area is 145 Å². The van der Waals surface area contributed by atoms with Crippen LogP contribution in [-0.2, 0) is 0 Å². The molecule has 1 heterocycles. The highest BCUT2D eigenvalue weighted by molar-refractivity contribution is 7.80. The van der Waals surface area contributed by atoms with E-state index < -0.39 is 11.7 Å². The molecule has 0 radical (unpaired) electrons. The van der Waals surface area contributed by atoms with Crippen LogP contribution in [0, 0.1) is 5.82 Å². The highest BCUT2D eigenvalue weighted by Crippen LogP contribution is 2.23. The number of hydrogen-bond acceptors (Lipinski definition) is 3. The minimum absolute atomic E-state index is 0.0348. The maximum absolute atomic E-state index is 13.6. The van der Waals surface area contributed by atoms with E-state index in [2.05, 4.69) is 21.6 Å². The Morgan fingerprint density at radius 1 is 1.08 bits per heavy atom. The van der Waals surface area contributed by atoms with Gasteiger partial charge in [0.05, 0.1) is 5.56 Å². The van der Waals surface area contributed by atoms with E-state index in [-0.39, 0.29) is 10.7 Å². The first-order valence-corrected chi connectivity index (χ1v) is 8.26. The van der Waals surface area contributed by atoms with Crippen LogP contribution in [0.2, 0.25) is 0 Å². The highest BCUT2D eigenvalue weighted by Gasteiger charge is 2.14. The van der Waals surface area contributed by atoms with Crippen molar-refractivity contribution in [1.29, 1.82) is 0 Å². The summed E-state index contributed by atoms with van der Waals surface area (Å²) in [6.45, 7) is 2.11. The van der Waals surface area contributed by atoms with Crippen LogP contribution in [0.15, 0.2) is 48.5 Å². The summed E-state index contributed by atoms with van der Waals surface area (Å²) in [5, 5.41) is 5.62. The third-order valence-electron chi connectivity index (χ3n) is 3.92. The fourth-order valence-corrected chi connectivity index (χ4v) is 2.94. The molecule has 124 valence electrons. The van der Waals surface area contributed by atoms with Crippen LogP contribution >= 0.6 is 12.2 Å². The van der Waals surface area contributed by atoms with Crippen molar-refractivity contribution in [2.24, 2.45) is 0 Å². The number of carbonyl (C=O) groups is 1. The van der Waals surface area contributed by atoms with Gasteiger partial charge < -0.3 is 10.2 Å². The normalized spacial score (nSPS) is 13.6. The van der Waals surface area contributed by atoms with Gasteiger partial charge in [0.1, 0.15) is 5.82 Å². The molecule has 0 bridgehead atoms. The van der Waals surface area contributed by atoms with Crippen LogP contribution in [0.5, 0.6) is 0 Å². The van der Waals surface area contributed by atoms with E-state index >= 15 is 0 Å². The molecule has 2 aromatic carbocycles. The molecule has 1 fully saturated rings. The highest BCUT2D eigenvalue weighted by atomic mass is 32.1. The van der Waals surface area contributed by atoms with Crippen molar-refractivity contribution < 1.29 is 9.18 Å². The standard InChI is InChI=1S/C18H18FN3OS/c19-16-9-2-1-8-15(16)17(23)21-18(24)20-13-6-5-7-14(12-13)22-10-3-4-11-22/h1-2,5-9,12H,3-4,10-11H2,(H2,20,21,23,24). The largest absolute Gasteiger partial charge is 0.371 e. The lowest BCUT2D eigenvalue weighted by atomic mass is 10.2. The second kappa shape index (κ2) is 7.40. The Hall–Kier alpha value is -2.47. The summed E-state index contributed by atoms with van der Waals surface area (Å²) in [5.74, 6) is -1.14. The van der Waals surface area contributed by atoms with Gasteiger partial charge in [0.2, 0.25) is 0 Å². The molecule has 24 heavy (non-hydrogen) atoms. The molecular weight excluding hydrogens is 325 g/mol. The third-order valence-corrected chi connectivity index (χ3v) is 4.12. The zero-order chi connectivity index (χ0) is 16.9. The Bertz CT molecular complexity index is 759. The Morgan fingerprint density at radius 2 is 1.83 bits per heavy atom. The van der Waals surface area contributed by atoms with E-state index in [4.69, 9.17) is 12.2 Å². The van der Waals surface area contributed by atoms with Crippen molar-refractivity contribution in [3.63, 3.8) is 0 Å². The van der Waals surface area contributed by atoms with Crippen LogP contribution < -0.4 is 15.5 Å². The van der Waals surface area contributed by atoms with Crippen LogP contribution in [-0.4, -0.2) is 24.1 Å². The molecule has 1 aliphatic heterocycles. The second-order valence-corrected chi connectivity index (χ2v) is 6.04. The predicted octanol–water partition coefficient (Wildman–Crippen LogP) is 3.55. The number of carbonyl (C=O) groups excluding carboxylic acids is 1. The number of anilines is 2. The molecule has 0 saturated carbocycles. The van der Waals surface area contributed by atoms with Crippen molar-refractivity contribution in [2.45, 2.75) is 12.8 Å². The van der Waals surface area contributed by atoms with Crippen LogP contribution in [0.3, 0.4) is 0 Å². The van der Waals surface area contributed by atoms with Gasteiger partial charge in [-0.05, 0) is 55.4 Å². The molecule has 4 nitrogen and oxygen atoms in total. The molecule has 1 saturated heterocycles. The quantitative estimate of drug-likeness (QED) is 0.837. The molecule has 0 aliphatic carbocycles. The van der Waals surface area contributed by atoms with Gasteiger partial charge in [0.15, 0.2) is 5.11 Å². The van der Waals surface area contributed by atoms with E-state index in [0.29, 0.717) is 0 Å². The summed E-state index contributed by atoms with van der Waals surface area (Å²) in [5.41, 5.74) is 1.88. The van der Waals surface area contributed by atoms with Gasteiger partial charge in [-0.1, -0.05) is 18.2 Å². The Kier molecular flexibility index (Phi) is 5.05. The van der Waals surface area contributed by atoms with Gasteiger partial charge in [-0.3, -0.25) is 10.1 Å². The number of nitrogens with zero attached hydrogens (tertiary/aromatic N) is 1. The first-order chi connectivity index (χ1) is 11.6. The smallest absolute Gasteiger partial charge is 0.260 e. The molecule has 0 aromatic heterocycles. The summed E-state index contributed by atoms with van der Waals surface area (Å²) in [6, 6.07) is 13.7. The number of thiocarbonyl (C=S) groups is 1. The Morgan fingerprint density at radius 3 is 2.58 bits per heavy atom. The molecule has 0 unspecified atom stereocenters. The average Bonchev–Trinajstić information content (AvgIpc) is 3.10. The van der Waals surface area contributed by atoms with E-state index in [9.17, 15) is 9.18 Å². The topological polar surface area (TPSA) is 44.4 Å². The van der Waals surface area contributed by atoms with E-state index in [1.807, 2.05) is 18.2 Å². The van der Waals surface area contributed by atoms with Gasteiger partial charge in [0.25, 0.3) is 5.91 Å². The molecule has 6 heteroatoms. The fraction of sp³-hybridized carbons (Fsp3) is 0.222. The molecule has 1 amide bonds. The monoisotopic (exact) mass is 343 g/mol. The number of halogens is 1. The molecule has 1 aliphatic rings. The Balaban J connectivity index is 1.63. The summed E-state index contributed by atoms with van der Waals surface area (Å²) in [7, 11) is 0. The lowest BCUT2D eigenvalue weighted by Gasteiger charge is -2.19. The molecule has 0 atom stereocenters. The van der Waals surface area contributed by atoms with Crippen molar-refractivity contribution in [3.05, 3.63) is 59.9 Å². The summed E-state index contributed by atoms with van der Waals surface area (Å²) >= 11 is 5.15. The van der Waals surface area contributed by atoms with Crippen molar-refractivity contribution in [3.8, 4) is 0 Å². The molecule has 2 aromatic rings. The first kappa shape index (κ1) is 16.4. The lowest BCUT2D eigenvalue weighted by Crippen LogP contribution is -2.34. The van der Waals surface area contributed by atoms with E-state index in [1.54, 1.807) is 6.07 Å². The number of hydrogen-bond donors (Lipinski definition) is 2. The van der Waals surface area contributed by atoms with Gasteiger partial charge in [0, 0.05) is 24.5 Å². The minimum atomic E-state index is -0.575. The van der Waals surface area contributed by atoms with Gasteiger partial charge in [-0.25, -0.2) is 4.39 Å². The zero-order valence-corrected chi connectivity index (χ0v) is 13.9. The summed E-state index contributed by atoms with van der Waals surface area (Å²) in [4.78, 5) is 14.4. The SMILES string of the molecule is O=C(NC(=S)Nc1cccc(N2CCCC2)c1)c1ccccc1F. The van der Waals surface area contributed by atoms with Gasteiger partial charge in [-0.2, -0.15) is 0 Å². The van der Waals surface area contributed by atoms with E-state index in [0.717, 1.165) is 24.5 Å². The fourth-order valence-electron chi connectivity index (χ4n) is 2.73. The lowest BCUT2D eigenvalue weighted by molar-refractivity contribution is 0.0974. The third kappa shape index (κ3) is 3.89. The summed E-state index contributed by atoms with van der Waals surface area (Å²) < 4.78 is 13.6. The number of benzene rings is 2. The van der Waals surface area contributed by atoms with Crippen LogP contribution in [0.4, 0.5) is 15.8 Å². The number of amides is 1. The second-order valence-electron chi connectivity index (χ2n) is 5.63. The van der Waals surface area contributed by atoms with Crippen molar-refractivity contribution in [1.82, 2.24) is 5.32 Å². The molecule has 3 rings (SSSR count). The van der Waals surface area contributed by atoms with Gasteiger partial charge >= 0.3 is 0 Å². The van der Waals surface area contributed by atoms with Crippen molar-refractivity contribution in [2.75, 3.05) is 23.3 Å². The van der Waals surface area contributed by atoms with Crippen molar-refractivity contribution >= 4 is 34.6 Å². The number of nitrogens with one attached hydrogen (secondary N) is 2. The molecule has 2 N–H and O–H groups in total. The molecular formula is C18H18FN3OS. The van der Waals surface area contributed by atoms with E-state index in [1.165, 1.54) is 31.0 Å². The zero-order valence-electron chi connectivity index (χ0n) is 13.1. The van der Waals surface area contributed by atoms with Crippen LogP contribution in [0.1, 0.15) is 23.2 Å². The summed E-state index contributed by atoms with van der Waals surface area (Å²) in [6.07, 6.45) is 2.41. The average molecular weight is 343 g/mol. The molecule has 0 spiro atoms. The predicted molar refractivity (Wildman–Crippen MR) is 98.0 cm³/mol.